The van der Waals surface area contributed by atoms with Crippen molar-refractivity contribution in [3.05, 3.63) is 41.8 Å². The highest BCUT2D eigenvalue weighted by Crippen LogP contribution is 2.18. The van der Waals surface area contributed by atoms with Crippen LogP contribution in [-0.4, -0.2) is 45.3 Å². The van der Waals surface area contributed by atoms with Crippen LogP contribution in [0, 0.1) is 0 Å². The van der Waals surface area contributed by atoms with Gasteiger partial charge in [0.2, 0.25) is 0 Å². The van der Waals surface area contributed by atoms with Gasteiger partial charge in [0, 0.05) is 4.90 Å². The van der Waals surface area contributed by atoms with Gasteiger partial charge in [0.15, 0.2) is 0 Å². The predicted octanol–water partition coefficient (Wildman–Crippen LogP) is 0.367. The van der Waals surface area contributed by atoms with Crippen LogP contribution < -0.4 is 0 Å². The molecule has 0 unspecified atom stereocenters. The van der Waals surface area contributed by atoms with Crippen molar-refractivity contribution in [1.29, 1.82) is 0 Å². The molecule has 94 valence electrons. The largest absolute Gasteiger partial charge is 0.394 e. The van der Waals surface area contributed by atoms with Gasteiger partial charge in [-0.2, -0.15) is 0 Å². The summed E-state index contributed by atoms with van der Waals surface area (Å²) in [6.45, 7) is -0.585. The summed E-state index contributed by atoms with van der Waals surface area (Å²) in [7, 11) is 0. The third kappa shape index (κ3) is 4.89. The predicted molar refractivity (Wildman–Crippen MR) is 66.5 cm³/mol. The van der Waals surface area contributed by atoms with Gasteiger partial charge in [0.1, 0.15) is 18.3 Å². The van der Waals surface area contributed by atoms with E-state index in [0.717, 1.165) is 4.90 Å². The van der Waals surface area contributed by atoms with Crippen molar-refractivity contribution >= 4 is 11.8 Å². The Kier molecular flexibility index (Phi) is 6.25. The Bertz CT molecular complexity index is 342. The molecule has 0 spiro atoms. The molecule has 0 aromatic heterocycles. The van der Waals surface area contributed by atoms with Crippen molar-refractivity contribution in [2.24, 2.45) is 0 Å². The van der Waals surface area contributed by atoms with E-state index < -0.39 is 24.9 Å². The normalized spacial score (nSPS) is 16.9. The van der Waals surface area contributed by atoms with Gasteiger partial charge in [-0.15, -0.1) is 0 Å². The van der Waals surface area contributed by atoms with Crippen molar-refractivity contribution in [3.63, 3.8) is 0 Å². The lowest BCUT2D eigenvalue weighted by Gasteiger charge is -2.18. The van der Waals surface area contributed by atoms with E-state index in [1.165, 1.54) is 17.8 Å². The van der Waals surface area contributed by atoms with Gasteiger partial charge in [-0.1, -0.05) is 30.0 Å². The molecule has 0 radical (unpaired) electrons. The van der Waals surface area contributed by atoms with Crippen LogP contribution in [0.4, 0.5) is 0 Å². The van der Waals surface area contributed by atoms with Gasteiger partial charge in [0.05, 0.1) is 6.61 Å². The second-order valence-electron chi connectivity index (χ2n) is 3.49. The molecule has 5 heteroatoms. The molecule has 0 fully saturated rings. The van der Waals surface area contributed by atoms with E-state index in [-0.39, 0.29) is 0 Å². The zero-order valence-electron chi connectivity index (χ0n) is 9.18. The Morgan fingerprint density at radius 1 is 1.12 bits per heavy atom. The van der Waals surface area contributed by atoms with Gasteiger partial charge in [-0.3, -0.25) is 0 Å². The quantitative estimate of drug-likeness (QED) is 0.553. The molecule has 0 aliphatic heterocycles. The van der Waals surface area contributed by atoms with Crippen LogP contribution in [0.5, 0.6) is 0 Å². The molecule has 17 heavy (non-hydrogen) atoms. The van der Waals surface area contributed by atoms with Crippen LogP contribution >= 0.6 is 11.8 Å². The minimum Gasteiger partial charge on any atom is -0.394 e. The summed E-state index contributed by atoms with van der Waals surface area (Å²) in [6, 6.07) is 9.54. The van der Waals surface area contributed by atoms with E-state index in [1.807, 2.05) is 30.3 Å². The highest BCUT2D eigenvalue weighted by Gasteiger charge is 2.21. The molecule has 0 amide bonds. The lowest BCUT2D eigenvalue weighted by Crippen LogP contribution is -2.38. The summed E-state index contributed by atoms with van der Waals surface area (Å²) >= 11 is 1.39. The molecule has 0 saturated carbocycles. The number of aliphatic hydroxyl groups is 4. The Labute approximate surface area is 104 Å². The van der Waals surface area contributed by atoms with E-state index in [9.17, 15) is 10.2 Å². The molecule has 1 rings (SSSR count). The molecule has 0 aliphatic rings. The van der Waals surface area contributed by atoms with E-state index >= 15 is 0 Å². The van der Waals surface area contributed by atoms with Gasteiger partial charge in [0.25, 0.3) is 0 Å². The molecule has 4 N–H and O–H groups in total. The molecule has 0 bridgehead atoms. The number of aliphatic hydroxyl groups excluding tert-OH is 4. The van der Waals surface area contributed by atoms with E-state index in [1.54, 1.807) is 5.41 Å². The van der Waals surface area contributed by atoms with Crippen LogP contribution in [0.1, 0.15) is 0 Å². The topological polar surface area (TPSA) is 80.9 Å². The van der Waals surface area contributed by atoms with Gasteiger partial charge >= 0.3 is 0 Å². The summed E-state index contributed by atoms with van der Waals surface area (Å²) < 4.78 is 0. The van der Waals surface area contributed by atoms with Gasteiger partial charge in [-0.05, 0) is 23.6 Å². The molecular formula is C12H16O4S. The second kappa shape index (κ2) is 7.47. The van der Waals surface area contributed by atoms with Crippen LogP contribution in [0.15, 0.2) is 46.7 Å². The lowest BCUT2D eigenvalue weighted by molar-refractivity contribution is -0.0610. The molecule has 4 nitrogen and oxygen atoms in total. The number of thioether (sulfide) groups is 1. The van der Waals surface area contributed by atoms with Gasteiger partial charge < -0.3 is 20.4 Å². The highest BCUT2D eigenvalue weighted by molar-refractivity contribution is 8.02. The Morgan fingerprint density at radius 3 is 2.35 bits per heavy atom. The number of benzene rings is 1. The monoisotopic (exact) mass is 256 g/mol. The zero-order chi connectivity index (χ0) is 12.7. The maximum atomic E-state index is 9.48. The third-order valence-corrected chi connectivity index (χ3v) is 2.99. The molecular weight excluding hydrogens is 240 g/mol. The number of hydrogen-bond acceptors (Lipinski definition) is 5. The zero-order valence-corrected chi connectivity index (χ0v) is 9.99. The van der Waals surface area contributed by atoms with Crippen LogP contribution in [-0.2, 0) is 0 Å². The first-order valence-corrected chi connectivity index (χ1v) is 6.06. The van der Waals surface area contributed by atoms with E-state index in [0.29, 0.717) is 0 Å². The Morgan fingerprint density at radius 2 is 1.76 bits per heavy atom. The number of rotatable bonds is 6. The summed E-state index contributed by atoms with van der Waals surface area (Å²) in [5.74, 6) is 0. The fourth-order valence-electron chi connectivity index (χ4n) is 1.15. The van der Waals surface area contributed by atoms with Crippen molar-refractivity contribution in [3.8, 4) is 0 Å². The highest BCUT2D eigenvalue weighted by atomic mass is 32.2. The van der Waals surface area contributed by atoms with Crippen molar-refractivity contribution in [2.45, 2.75) is 23.2 Å². The average Bonchev–Trinajstić information content (AvgIpc) is 2.38. The minimum absolute atomic E-state index is 0.585. The van der Waals surface area contributed by atoms with Crippen LogP contribution in [0.25, 0.3) is 0 Å². The second-order valence-corrected chi connectivity index (χ2v) is 4.47. The maximum Gasteiger partial charge on any atom is 0.112 e. The van der Waals surface area contributed by atoms with E-state index in [4.69, 9.17) is 10.2 Å². The van der Waals surface area contributed by atoms with E-state index in [2.05, 4.69) is 0 Å². The summed E-state index contributed by atoms with van der Waals surface area (Å²) in [6.07, 6.45) is -2.54. The smallest absolute Gasteiger partial charge is 0.112 e. The van der Waals surface area contributed by atoms with Crippen LogP contribution in [0.3, 0.4) is 0 Å². The average molecular weight is 256 g/mol. The van der Waals surface area contributed by atoms with Gasteiger partial charge in [-0.25, -0.2) is 0 Å². The molecule has 1 aromatic carbocycles. The first kappa shape index (κ1) is 14.2. The Hall–Kier alpha value is -0.850. The first-order valence-electron chi connectivity index (χ1n) is 5.18. The molecule has 0 saturated heterocycles. The van der Waals surface area contributed by atoms with Crippen LogP contribution in [0.2, 0.25) is 0 Å². The van der Waals surface area contributed by atoms with Crippen molar-refractivity contribution in [1.82, 2.24) is 0 Å². The minimum atomic E-state index is -1.38. The SMILES string of the molecule is OC[C@@H](O)[C@H](O)[C@@H](O)/C=C/Sc1ccccc1. The third-order valence-electron chi connectivity index (χ3n) is 2.15. The first-order chi connectivity index (χ1) is 8.15. The molecule has 0 aliphatic carbocycles. The van der Waals surface area contributed by atoms with Crippen molar-refractivity contribution < 1.29 is 20.4 Å². The fraction of sp³-hybridized carbons (Fsp3) is 0.333. The lowest BCUT2D eigenvalue weighted by atomic mass is 10.1. The van der Waals surface area contributed by atoms with Crippen molar-refractivity contribution in [2.75, 3.05) is 6.61 Å². The summed E-state index contributed by atoms with van der Waals surface area (Å²) in [5.41, 5.74) is 0. The summed E-state index contributed by atoms with van der Waals surface area (Å²) in [4.78, 5) is 1.01. The summed E-state index contributed by atoms with van der Waals surface area (Å²) in [5, 5.41) is 38.2. The maximum absolute atomic E-state index is 9.48. The molecule has 1 aromatic rings. The molecule has 3 atom stereocenters. The fourth-order valence-corrected chi connectivity index (χ4v) is 1.86. The number of hydrogen-bond donors (Lipinski definition) is 4. The Balaban J connectivity index is 2.43. The molecule has 0 heterocycles. The standard InChI is InChI=1S/C12H16O4S/c13-8-11(15)12(16)10(14)6-7-17-9-4-2-1-3-5-9/h1-7,10-16H,8H2/b7-6+/t10-,11+,12+/m0/s1.